The van der Waals surface area contributed by atoms with Crippen LogP contribution in [0.3, 0.4) is 0 Å². The third-order valence-corrected chi connectivity index (χ3v) is 7.07. The highest BCUT2D eigenvalue weighted by atomic mass is 16.5. The molecule has 0 saturated carbocycles. The number of methoxy groups -OCH3 is 2. The van der Waals surface area contributed by atoms with Gasteiger partial charge in [0.15, 0.2) is 0 Å². The largest absolute Gasteiger partial charge is 0.497 e. The molecule has 0 N–H and O–H groups in total. The van der Waals surface area contributed by atoms with Gasteiger partial charge >= 0.3 is 5.97 Å². The van der Waals surface area contributed by atoms with E-state index in [1.807, 2.05) is 12.1 Å². The summed E-state index contributed by atoms with van der Waals surface area (Å²) in [7, 11) is 3.20. The van der Waals surface area contributed by atoms with Crippen molar-refractivity contribution in [2.75, 3.05) is 20.8 Å². The van der Waals surface area contributed by atoms with Gasteiger partial charge in [-0.05, 0) is 54.0 Å². The summed E-state index contributed by atoms with van der Waals surface area (Å²) < 4.78 is 10.4. The summed E-state index contributed by atoms with van der Waals surface area (Å²) >= 11 is 0. The Morgan fingerprint density at radius 1 is 1.00 bits per heavy atom. The minimum Gasteiger partial charge on any atom is -0.497 e. The first-order valence-electron chi connectivity index (χ1n) is 10.5. The summed E-state index contributed by atoms with van der Waals surface area (Å²) in [5.74, 6) is 1.15. The van der Waals surface area contributed by atoms with Crippen LogP contribution in [0.1, 0.15) is 24.8 Å². The van der Waals surface area contributed by atoms with E-state index in [-0.39, 0.29) is 11.9 Å². The smallest absolute Gasteiger partial charge is 0.310 e. The molecule has 0 aromatic heterocycles. The number of carbonyl (C=O) groups excluding carboxylic acids is 1. The van der Waals surface area contributed by atoms with Crippen LogP contribution in [0.4, 0.5) is 0 Å². The van der Waals surface area contributed by atoms with Gasteiger partial charge in [0.05, 0.1) is 20.1 Å². The number of nitrogens with zero attached hydrogens (tertiary/aromatic N) is 1. The zero-order chi connectivity index (χ0) is 20.0. The van der Waals surface area contributed by atoms with Gasteiger partial charge in [-0.25, -0.2) is 0 Å². The Morgan fingerprint density at radius 2 is 1.69 bits per heavy atom. The molecule has 5 unspecified atom stereocenters. The number of fused-ring (bicyclic) bond motifs is 1. The highest BCUT2D eigenvalue weighted by Crippen LogP contribution is 2.50. The summed E-state index contributed by atoms with van der Waals surface area (Å²) in [5.41, 5.74) is 4.94. The summed E-state index contributed by atoms with van der Waals surface area (Å²) in [6.07, 6.45) is 5.73. The molecule has 0 spiro atoms. The lowest BCUT2D eigenvalue weighted by Gasteiger charge is -2.50. The molecule has 150 valence electrons. The van der Waals surface area contributed by atoms with Crippen LogP contribution < -0.4 is 4.74 Å². The van der Waals surface area contributed by atoms with Crippen molar-refractivity contribution in [1.29, 1.82) is 0 Å². The lowest BCUT2D eigenvalue weighted by molar-refractivity contribution is -0.153. The zero-order valence-electron chi connectivity index (χ0n) is 17.0. The third-order valence-electron chi connectivity index (χ3n) is 7.07. The molecule has 4 aliphatic heterocycles. The Kier molecular flexibility index (Phi) is 4.67. The summed E-state index contributed by atoms with van der Waals surface area (Å²) in [6, 6.07) is 17.8. The van der Waals surface area contributed by atoms with Gasteiger partial charge in [-0.1, -0.05) is 48.0 Å². The van der Waals surface area contributed by atoms with Crippen molar-refractivity contribution >= 4 is 12.0 Å². The van der Waals surface area contributed by atoms with E-state index in [2.05, 4.69) is 47.4 Å². The van der Waals surface area contributed by atoms with E-state index in [1.165, 1.54) is 35.8 Å². The van der Waals surface area contributed by atoms with Crippen LogP contribution in [0.15, 0.2) is 54.1 Å². The third kappa shape index (κ3) is 3.16. The molecule has 2 aromatic carbocycles. The minimum absolute atomic E-state index is 0.00248. The van der Waals surface area contributed by atoms with Crippen molar-refractivity contribution in [2.45, 2.75) is 31.3 Å². The molecule has 5 atom stereocenters. The van der Waals surface area contributed by atoms with Crippen molar-refractivity contribution in [3.63, 3.8) is 0 Å². The number of carbonyl (C=O) groups is 1. The predicted octanol–water partition coefficient (Wildman–Crippen LogP) is 4.40. The molecule has 4 bridgehead atoms. The Balaban J connectivity index is 1.39. The van der Waals surface area contributed by atoms with Gasteiger partial charge in [0.25, 0.3) is 0 Å². The second-order valence-corrected chi connectivity index (χ2v) is 8.43. The molecule has 4 heterocycles. The number of hydrogen-bond donors (Lipinski definition) is 0. The molecule has 4 saturated heterocycles. The molecule has 6 rings (SSSR count). The van der Waals surface area contributed by atoms with Crippen molar-refractivity contribution < 1.29 is 14.3 Å². The molecular weight excluding hydrogens is 362 g/mol. The highest BCUT2D eigenvalue weighted by Gasteiger charge is 2.55. The fourth-order valence-corrected chi connectivity index (χ4v) is 5.65. The SMILES string of the molecule is COC(=O)C1C2CC3CCC1N3CC2=Cc1ccc(-c2ccc(OC)cc2)cc1. The molecule has 4 fully saturated rings. The number of benzene rings is 2. The first-order chi connectivity index (χ1) is 14.2. The fraction of sp³-hybridized carbons (Fsp3) is 0.400. The Morgan fingerprint density at radius 3 is 2.34 bits per heavy atom. The van der Waals surface area contributed by atoms with E-state index >= 15 is 0 Å². The van der Waals surface area contributed by atoms with Gasteiger partial charge in [-0.2, -0.15) is 0 Å². The van der Waals surface area contributed by atoms with Gasteiger partial charge in [0, 0.05) is 18.6 Å². The van der Waals surface area contributed by atoms with Crippen LogP contribution in [0.5, 0.6) is 5.75 Å². The van der Waals surface area contributed by atoms with E-state index in [9.17, 15) is 4.79 Å². The first-order valence-corrected chi connectivity index (χ1v) is 10.5. The molecule has 4 nitrogen and oxygen atoms in total. The van der Waals surface area contributed by atoms with E-state index in [0.717, 1.165) is 25.1 Å². The Labute approximate surface area is 172 Å². The minimum atomic E-state index is -0.0363. The average Bonchev–Trinajstić information content (AvgIpc) is 3.08. The van der Waals surface area contributed by atoms with Crippen molar-refractivity contribution in [2.24, 2.45) is 11.8 Å². The second kappa shape index (κ2) is 7.34. The Hall–Kier alpha value is -2.59. The molecule has 29 heavy (non-hydrogen) atoms. The number of piperidine rings is 3. The van der Waals surface area contributed by atoms with Gasteiger partial charge in [-0.15, -0.1) is 0 Å². The van der Waals surface area contributed by atoms with Crippen molar-refractivity contribution in [3.05, 3.63) is 59.7 Å². The molecular formula is C25H27NO3. The molecule has 2 aromatic rings. The maximum absolute atomic E-state index is 12.5. The van der Waals surface area contributed by atoms with E-state index < -0.39 is 0 Å². The molecule has 4 aliphatic rings. The second-order valence-electron chi connectivity index (χ2n) is 8.43. The quantitative estimate of drug-likeness (QED) is 0.727. The molecule has 0 aliphatic carbocycles. The van der Waals surface area contributed by atoms with E-state index in [4.69, 9.17) is 9.47 Å². The molecule has 4 heteroatoms. The predicted molar refractivity (Wildman–Crippen MR) is 114 cm³/mol. The monoisotopic (exact) mass is 389 g/mol. The van der Waals surface area contributed by atoms with Crippen molar-refractivity contribution in [1.82, 2.24) is 4.90 Å². The highest BCUT2D eigenvalue weighted by molar-refractivity contribution is 5.76. The lowest BCUT2D eigenvalue weighted by Crippen LogP contribution is -2.58. The van der Waals surface area contributed by atoms with Crippen LogP contribution in [0.2, 0.25) is 0 Å². The first kappa shape index (κ1) is 18.4. The van der Waals surface area contributed by atoms with Crippen LogP contribution in [-0.2, 0) is 9.53 Å². The van der Waals surface area contributed by atoms with Gasteiger partial charge < -0.3 is 9.47 Å². The van der Waals surface area contributed by atoms with Crippen LogP contribution >= 0.6 is 0 Å². The maximum atomic E-state index is 12.5. The van der Waals surface area contributed by atoms with Gasteiger partial charge in [0.2, 0.25) is 0 Å². The zero-order valence-corrected chi connectivity index (χ0v) is 17.0. The van der Waals surface area contributed by atoms with E-state index in [1.54, 1.807) is 7.11 Å². The topological polar surface area (TPSA) is 38.8 Å². The summed E-state index contributed by atoms with van der Waals surface area (Å²) in [5, 5.41) is 0. The average molecular weight is 389 g/mol. The summed E-state index contributed by atoms with van der Waals surface area (Å²) in [4.78, 5) is 15.1. The summed E-state index contributed by atoms with van der Waals surface area (Å²) in [6.45, 7) is 0.994. The number of ether oxygens (including phenoxy) is 2. The number of esters is 1. The molecule has 0 amide bonds. The fourth-order valence-electron chi connectivity index (χ4n) is 5.65. The van der Waals surface area contributed by atoms with Gasteiger partial charge in [0.1, 0.15) is 5.75 Å². The maximum Gasteiger partial charge on any atom is 0.310 e. The van der Waals surface area contributed by atoms with Crippen LogP contribution in [0, 0.1) is 11.8 Å². The van der Waals surface area contributed by atoms with Crippen molar-refractivity contribution in [3.8, 4) is 16.9 Å². The van der Waals surface area contributed by atoms with Crippen LogP contribution in [0.25, 0.3) is 17.2 Å². The standard InChI is InChI=1S/C25H27NO3/c1-28-21-10-7-18(8-11-21)17-5-3-16(4-6-17)13-19-15-26-20-9-12-23(26)24(22(19)14-20)25(27)29-2/h3-8,10-11,13,20,22-24H,9,12,14-15H2,1-2H3. The molecule has 0 radical (unpaired) electrons. The number of hydrogen-bond acceptors (Lipinski definition) is 4. The number of rotatable bonds is 4. The van der Waals surface area contributed by atoms with Crippen LogP contribution in [-0.4, -0.2) is 43.7 Å². The van der Waals surface area contributed by atoms with Gasteiger partial charge in [-0.3, -0.25) is 9.69 Å². The normalized spacial score (nSPS) is 31.1. The van der Waals surface area contributed by atoms with E-state index in [0.29, 0.717) is 18.0 Å². The Bertz CT molecular complexity index is 932. The lowest BCUT2D eigenvalue weighted by atomic mass is 9.71.